The SMILES string of the molecule is c1ccc2cc3c(cc2c1)oc1ccc(-c2c4ccccc4c(-c4c5ccccc5c(-c5ccc6sc7cc8c9ccccc9c9ccccc9c8cc7c6c5)c5ccccc45)c4ccccc24)cc13. The van der Waals surface area contributed by atoms with Crippen LogP contribution in [0.3, 0.4) is 0 Å². The van der Waals surface area contributed by atoms with Gasteiger partial charge in [0, 0.05) is 30.9 Å². The highest BCUT2D eigenvalue weighted by Gasteiger charge is 2.24. The highest BCUT2D eigenvalue weighted by Crippen LogP contribution is 2.51. The Hall–Kier alpha value is -8.82. The molecule has 322 valence electrons. The molecular weight excluding hydrogens is 865 g/mol. The third kappa shape index (κ3) is 5.31. The zero-order chi connectivity index (χ0) is 45.6. The van der Waals surface area contributed by atoms with Crippen LogP contribution >= 0.6 is 11.3 Å². The fourth-order valence-electron chi connectivity index (χ4n) is 12.4. The number of benzene rings is 14. The Labute approximate surface area is 405 Å². The van der Waals surface area contributed by atoms with E-state index in [0.29, 0.717) is 0 Å². The van der Waals surface area contributed by atoms with Gasteiger partial charge in [-0.05, 0) is 168 Å². The summed E-state index contributed by atoms with van der Waals surface area (Å²) >= 11 is 1.90. The molecule has 0 fully saturated rings. The average Bonchev–Trinajstić information content (AvgIpc) is 3.97. The van der Waals surface area contributed by atoms with Crippen LogP contribution in [0.1, 0.15) is 0 Å². The van der Waals surface area contributed by atoms with Crippen LogP contribution in [0.5, 0.6) is 0 Å². The molecule has 16 rings (SSSR count). The van der Waals surface area contributed by atoms with E-state index in [1.54, 1.807) is 0 Å². The molecule has 1 nitrogen and oxygen atoms in total. The monoisotopic (exact) mass is 902 g/mol. The summed E-state index contributed by atoms with van der Waals surface area (Å²) in [6.07, 6.45) is 0. The van der Waals surface area contributed by atoms with Gasteiger partial charge in [0.1, 0.15) is 11.2 Å². The molecule has 70 heavy (non-hydrogen) atoms. The molecule has 0 aliphatic rings. The first-order chi connectivity index (χ1) is 34.7. The van der Waals surface area contributed by atoms with Crippen LogP contribution in [0, 0.1) is 0 Å². The molecule has 0 unspecified atom stereocenters. The van der Waals surface area contributed by atoms with E-state index in [4.69, 9.17) is 4.42 Å². The van der Waals surface area contributed by atoms with Gasteiger partial charge >= 0.3 is 0 Å². The van der Waals surface area contributed by atoms with Crippen molar-refractivity contribution in [3.05, 3.63) is 231 Å². The van der Waals surface area contributed by atoms with Gasteiger partial charge in [-0.3, -0.25) is 0 Å². The second-order valence-electron chi connectivity index (χ2n) is 19.0. The van der Waals surface area contributed by atoms with E-state index in [0.717, 1.165) is 21.9 Å². The molecular formula is C68H38OS. The molecule has 0 saturated carbocycles. The van der Waals surface area contributed by atoms with Crippen molar-refractivity contribution in [1.29, 1.82) is 0 Å². The number of fused-ring (bicyclic) bond motifs is 17. The van der Waals surface area contributed by atoms with Crippen LogP contribution in [-0.2, 0) is 0 Å². The maximum absolute atomic E-state index is 6.51. The van der Waals surface area contributed by atoms with Crippen LogP contribution in [-0.4, -0.2) is 0 Å². The second-order valence-corrected chi connectivity index (χ2v) is 20.1. The van der Waals surface area contributed by atoms with E-state index in [2.05, 4.69) is 231 Å². The van der Waals surface area contributed by atoms with Crippen molar-refractivity contribution in [2.24, 2.45) is 0 Å². The van der Waals surface area contributed by atoms with Crippen molar-refractivity contribution < 1.29 is 4.42 Å². The summed E-state index contributed by atoms with van der Waals surface area (Å²) in [5.74, 6) is 0. The summed E-state index contributed by atoms with van der Waals surface area (Å²) in [5.41, 5.74) is 9.27. The Balaban J connectivity index is 0.945. The fourth-order valence-corrected chi connectivity index (χ4v) is 13.5. The number of thiophene rings is 1. The molecule has 2 heteroatoms. The first-order valence-corrected chi connectivity index (χ1v) is 25.0. The summed E-state index contributed by atoms with van der Waals surface area (Å²) in [4.78, 5) is 0. The van der Waals surface area contributed by atoms with Crippen molar-refractivity contribution in [3.8, 4) is 33.4 Å². The van der Waals surface area contributed by atoms with Crippen LogP contribution in [0.2, 0.25) is 0 Å². The number of furan rings is 1. The Morgan fingerprint density at radius 2 is 0.586 bits per heavy atom. The van der Waals surface area contributed by atoms with Crippen molar-refractivity contribution in [2.45, 2.75) is 0 Å². The summed E-state index contributed by atoms with van der Waals surface area (Å²) in [5, 5.41) is 25.1. The lowest BCUT2D eigenvalue weighted by Gasteiger charge is -2.22. The maximum Gasteiger partial charge on any atom is 0.136 e. The quantitative estimate of drug-likeness (QED) is 0.127. The van der Waals surface area contributed by atoms with E-state index in [1.165, 1.54) is 140 Å². The third-order valence-corrected chi connectivity index (χ3v) is 16.5. The first kappa shape index (κ1) is 38.2. The van der Waals surface area contributed by atoms with Crippen molar-refractivity contribution in [1.82, 2.24) is 0 Å². The molecule has 0 radical (unpaired) electrons. The Morgan fingerprint density at radius 3 is 1.10 bits per heavy atom. The first-order valence-electron chi connectivity index (χ1n) is 24.1. The van der Waals surface area contributed by atoms with Gasteiger partial charge < -0.3 is 4.42 Å². The van der Waals surface area contributed by atoms with Crippen LogP contribution in [0.15, 0.2) is 235 Å². The molecule has 2 heterocycles. The Bertz CT molecular complexity index is 4840. The van der Waals surface area contributed by atoms with E-state index in [1.807, 2.05) is 11.3 Å². The largest absolute Gasteiger partial charge is 0.456 e. The summed E-state index contributed by atoms with van der Waals surface area (Å²) in [7, 11) is 0. The molecule has 14 aromatic carbocycles. The van der Waals surface area contributed by atoms with Gasteiger partial charge in [-0.25, -0.2) is 0 Å². The number of hydrogen-bond donors (Lipinski definition) is 0. The molecule has 0 aliphatic carbocycles. The normalized spacial score (nSPS) is 12.3. The van der Waals surface area contributed by atoms with Gasteiger partial charge in [0.05, 0.1) is 0 Å². The average molecular weight is 903 g/mol. The van der Waals surface area contributed by atoms with Gasteiger partial charge in [0.2, 0.25) is 0 Å². The van der Waals surface area contributed by atoms with Gasteiger partial charge in [-0.15, -0.1) is 11.3 Å². The maximum atomic E-state index is 6.51. The third-order valence-electron chi connectivity index (χ3n) is 15.4. The van der Waals surface area contributed by atoms with E-state index < -0.39 is 0 Å². The van der Waals surface area contributed by atoms with E-state index in [9.17, 15) is 0 Å². The molecule has 2 aromatic heterocycles. The van der Waals surface area contributed by atoms with Crippen molar-refractivity contribution in [2.75, 3.05) is 0 Å². The predicted octanol–water partition coefficient (Wildman–Crippen LogP) is 20.2. The van der Waals surface area contributed by atoms with E-state index in [-0.39, 0.29) is 0 Å². The van der Waals surface area contributed by atoms with Crippen molar-refractivity contribution in [3.63, 3.8) is 0 Å². The Morgan fingerprint density at radius 1 is 0.214 bits per heavy atom. The summed E-state index contributed by atoms with van der Waals surface area (Å²) in [6.45, 7) is 0. The second kappa shape index (κ2) is 14.4. The fraction of sp³-hybridized carbons (Fsp3) is 0. The highest BCUT2D eigenvalue weighted by atomic mass is 32.1. The molecule has 16 aromatic rings. The van der Waals surface area contributed by atoms with Crippen LogP contribution < -0.4 is 0 Å². The van der Waals surface area contributed by atoms with E-state index >= 15 is 0 Å². The minimum absolute atomic E-state index is 0.902. The van der Waals surface area contributed by atoms with Crippen LogP contribution in [0.25, 0.3) is 162 Å². The van der Waals surface area contributed by atoms with Crippen molar-refractivity contribution >= 4 is 140 Å². The topological polar surface area (TPSA) is 13.1 Å². The lowest BCUT2D eigenvalue weighted by molar-refractivity contribution is 0.669. The molecule has 0 aliphatic heterocycles. The summed E-state index contributed by atoms with van der Waals surface area (Å²) in [6, 6.07) is 86.0. The minimum Gasteiger partial charge on any atom is -0.456 e. The molecule has 0 saturated heterocycles. The van der Waals surface area contributed by atoms with Crippen LogP contribution in [0.4, 0.5) is 0 Å². The molecule has 0 spiro atoms. The minimum atomic E-state index is 0.902. The standard InChI is InChI=1S/C68H38OS/c1-2-16-40-36-62-58(33-39(40)15-1)57-34-41(29-31-61(57)69-62)65-47-21-7-11-25-51(47)67(52-26-12-8-22-48(52)65)68-53-27-13-9-23-49(53)66(50-24-10-14-28-54(50)68)42-30-32-63-59(35-42)60-37-55-45-19-5-3-17-43(45)44-18-4-6-20-46(44)56(55)38-64(60)70-63/h1-38H. The molecule has 0 atom stereocenters. The molecule has 0 amide bonds. The number of rotatable bonds is 3. The Kier molecular flexibility index (Phi) is 7.83. The van der Waals surface area contributed by atoms with Gasteiger partial charge in [-0.1, -0.05) is 182 Å². The summed E-state index contributed by atoms with van der Waals surface area (Å²) < 4.78 is 9.13. The zero-order valence-corrected chi connectivity index (χ0v) is 38.6. The van der Waals surface area contributed by atoms with Gasteiger partial charge in [0.15, 0.2) is 0 Å². The smallest absolute Gasteiger partial charge is 0.136 e. The molecule has 0 bridgehead atoms. The highest BCUT2D eigenvalue weighted by molar-refractivity contribution is 7.25. The lowest BCUT2D eigenvalue weighted by atomic mass is 9.81. The predicted molar refractivity (Wildman–Crippen MR) is 303 cm³/mol. The zero-order valence-electron chi connectivity index (χ0n) is 37.8. The molecule has 0 N–H and O–H groups in total. The lowest BCUT2D eigenvalue weighted by Crippen LogP contribution is -1.94. The van der Waals surface area contributed by atoms with Gasteiger partial charge in [0.25, 0.3) is 0 Å². The number of hydrogen-bond acceptors (Lipinski definition) is 2. The van der Waals surface area contributed by atoms with Gasteiger partial charge in [-0.2, -0.15) is 0 Å².